The van der Waals surface area contributed by atoms with Crippen molar-refractivity contribution >= 4 is 22.5 Å². The van der Waals surface area contributed by atoms with E-state index in [0.29, 0.717) is 11.6 Å². The zero-order valence-electron chi connectivity index (χ0n) is 7.29. The van der Waals surface area contributed by atoms with E-state index in [-0.39, 0.29) is 0 Å². The van der Waals surface area contributed by atoms with Gasteiger partial charge in [-0.25, -0.2) is 0 Å². The van der Waals surface area contributed by atoms with Crippen LogP contribution in [0.25, 0.3) is 10.9 Å². The van der Waals surface area contributed by atoms with E-state index < -0.39 is 0 Å². The van der Waals surface area contributed by atoms with Crippen LogP contribution in [0.15, 0.2) is 18.2 Å². The first-order chi connectivity index (χ1) is 6.24. The molecule has 0 atom stereocenters. The maximum atomic E-state index is 6.03. The van der Waals surface area contributed by atoms with Crippen molar-refractivity contribution in [2.75, 3.05) is 0 Å². The molecule has 0 aliphatic heterocycles. The highest BCUT2D eigenvalue weighted by molar-refractivity contribution is 6.35. The van der Waals surface area contributed by atoms with Crippen molar-refractivity contribution in [3.63, 3.8) is 0 Å². The van der Waals surface area contributed by atoms with Crippen molar-refractivity contribution in [2.45, 2.75) is 6.54 Å². The summed E-state index contributed by atoms with van der Waals surface area (Å²) in [6.07, 6.45) is 0. The zero-order chi connectivity index (χ0) is 9.42. The second-order valence-corrected chi connectivity index (χ2v) is 3.32. The highest BCUT2D eigenvalue weighted by atomic mass is 35.5. The van der Waals surface area contributed by atoms with Gasteiger partial charge in [-0.3, -0.25) is 4.68 Å². The molecule has 0 spiro atoms. The van der Waals surface area contributed by atoms with Crippen LogP contribution in [-0.2, 0) is 13.6 Å². The highest BCUT2D eigenvalue weighted by Gasteiger charge is 2.08. The van der Waals surface area contributed by atoms with Gasteiger partial charge in [0.15, 0.2) is 0 Å². The molecule has 0 bridgehead atoms. The molecule has 2 N–H and O–H groups in total. The van der Waals surface area contributed by atoms with Gasteiger partial charge in [0.2, 0.25) is 0 Å². The Bertz CT molecular complexity index is 447. The Morgan fingerprint density at radius 2 is 2.31 bits per heavy atom. The minimum absolute atomic E-state index is 0.442. The lowest BCUT2D eigenvalue weighted by Gasteiger charge is -1.95. The quantitative estimate of drug-likeness (QED) is 0.753. The van der Waals surface area contributed by atoms with Gasteiger partial charge in [0.05, 0.1) is 16.2 Å². The summed E-state index contributed by atoms with van der Waals surface area (Å²) in [5, 5.41) is 6.03. The summed E-state index contributed by atoms with van der Waals surface area (Å²) in [7, 11) is 1.87. The number of rotatable bonds is 1. The first-order valence-corrected chi connectivity index (χ1v) is 4.42. The van der Waals surface area contributed by atoms with Crippen molar-refractivity contribution < 1.29 is 0 Å². The molecular formula is C9H10ClN3. The first kappa shape index (κ1) is 8.53. The van der Waals surface area contributed by atoms with E-state index in [4.69, 9.17) is 17.3 Å². The largest absolute Gasteiger partial charge is 0.325 e. The van der Waals surface area contributed by atoms with Crippen molar-refractivity contribution in [1.29, 1.82) is 0 Å². The lowest BCUT2D eigenvalue weighted by molar-refractivity contribution is 0.766. The van der Waals surface area contributed by atoms with Gasteiger partial charge in [0.1, 0.15) is 0 Å². The van der Waals surface area contributed by atoms with Gasteiger partial charge < -0.3 is 5.73 Å². The summed E-state index contributed by atoms with van der Waals surface area (Å²) >= 11 is 6.03. The Morgan fingerprint density at radius 3 is 3.00 bits per heavy atom. The lowest BCUT2D eigenvalue weighted by atomic mass is 10.2. The zero-order valence-corrected chi connectivity index (χ0v) is 8.04. The van der Waals surface area contributed by atoms with E-state index in [1.54, 1.807) is 4.68 Å². The van der Waals surface area contributed by atoms with Gasteiger partial charge in [-0.05, 0) is 6.07 Å². The van der Waals surface area contributed by atoms with Gasteiger partial charge in [-0.15, -0.1) is 0 Å². The van der Waals surface area contributed by atoms with E-state index >= 15 is 0 Å². The maximum Gasteiger partial charge on any atom is 0.0868 e. The van der Waals surface area contributed by atoms with Crippen LogP contribution in [0.4, 0.5) is 0 Å². The van der Waals surface area contributed by atoms with Crippen LogP contribution in [0.1, 0.15) is 5.69 Å². The van der Waals surface area contributed by atoms with Gasteiger partial charge in [0, 0.05) is 19.0 Å². The molecule has 4 heteroatoms. The molecule has 2 rings (SSSR count). The molecule has 0 aliphatic rings. The normalized spacial score (nSPS) is 11.0. The maximum absolute atomic E-state index is 6.03. The highest BCUT2D eigenvalue weighted by Crippen LogP contribution is 2.24. The Hall–Kier alpha value is -1.06. The molecule has 0 aliphatic carbocycles. The minimum Gasteiger partial charge on any atom is -0.325 e. The summed E-state index contributed by atoms with van der Waals surface area (Å²) < 4.78 is 1.76. The molecule has 0 unspecified atom stereocenters. The van der Waals surface area contributed by atoms with Crippen LogP contribution in [0.5, 0.6) is 0 Å². The van der Waals surface area contributed by atoms with Gasteiger partial charge in [-0.2, -0.15) is 5.10 Å². The molecule has 1 aromatic heterocycles. The van der Waals surface area contributed by atoms with Crippen LogP contribution in [0.3, 0.4) is 0 Å². The predicted octanol–water partition coefficient (Wildman–Crippen LogP) is 1.69. The van der Waals surface area contributed by atoms with Gasteiger partial charge in [0.25, 0.3) is 0 Å². The van der Waals surface area contributed by atoms with E-state index in [9.17, 15) is 0 Å². The number of halogens is 1. The lowest BCUT2D eigenvalue weighted by Crippen LogP contribution is -1.98. The van der Waals surface area contributed by atoms with Crippen molar-refractivity contribution in [2.24, 2.45) is 12.8 Å². The monoisotopic (exact) mass is 195 g/mol. The number of aryl methyl sites for hydroxylation is 1. The minimum atomic E-state index is 0.442. The number of hydrogen-bond donors (Lipinski definition) is 1. The molecule has 2 aromatic rings. The van der Waals surface area contributed by atoms with Crippen LogP contribution in [0.2, 0.25) is 5.02 Å². The van der Waals surface area contributed by atoms with E-state index in [0.717, 1.165) is 16.6 Å². The molecule has 0 saturated heterocycles. The van der Waals surface area contributed by atoms with Crippen LogP contribution in [-0.4, -0.2) is 9.78 Å². The third-order valence-electron chi connectivity index (χ3n) is 2.09. The summed E-state index contributed by atoms with van der Waals surface area (Å²) in [6.45, 7) is 0.442. The first-order valence-electron chi connectivity index (χ1n) is 4.04. The van der Waals surface area contributed by atoms with Crippen molar-refractivity contribution in [3.05, 3.63) is 28.9 Å². The number of para-hydroxylation sites is 1. The molecule has 0 saturated carbocycles. The number of aromatic nitrogens is 2. The fourth-order valence-corrected chi connectivity index (χ4v) is 1.81. The SMILES string of the molecule is Cn1nc(CN)c2cccc(Cl)c21. The Balaban J connectivity index is 2.87. The molecule has 0 amide bonds. The average Bonchev–Trinajstić information content (AvgIpc) is 2.44. The molecule has 3 nitrogen and oxygen atoms in total. The fourth-order valence-electron chi connectivity index (χ4n) is 1.51. The number of nitrogens with zero attached hydrogens (tertiary/aromatic N) is 2. The van der Waals surface area contributed by atoms with E-state index in [1.807, 2.05) is 25.2 Å². The fraction of sp³-hybridized carbons (Fsp3) is 0.222. The van der Waals surface area contributed by atoms with Crippen LogP contribution >= 0.6 is 11.6 Å². The second kappa shape index (κ2) is 3.01. The molecule has 1 heterocycles. The van der Waals surface area contributed by atoms with Crippen LogP contribution < -0.4 is 5.73 Å². The van der Waals surface area contributed by atoms with E-state index in [2.05, 4.69) is 5.10 Å². The Labute approximate surface area is 81.1 Å². The molecule has 68 valence electrons. The summed E-state index contributed by atoms with van der Waals surface area (Å²) in [4.78, 5) is 0. The van der Waals surface area contributed by atoms with Crippen molar-refractivity contribution in [3.8, 4) is 0 Å². The second-order valence-electron chi connectivity index (χ2n) is 2.91. The number of hydrogen-bond acceptors (Lipinski definition) is 2. The summed E-state index contributed by atoms with van der Waals surface area (Å²) in [6, 6.07) is 5.74. The molecule has 0 fully saturated rings. The topological polar surface area (TPSA) is 43.8 Å². The van der Waals surface area contributed by atoms with E-state index in [1.165, 1.54) is 0 Å². The smallest absolute Gasteiger partial charge is 0.0868 e. The molecular weight excluding hydrogens is 186 g/mol. The Kier molecular flexibility index (Phi) is 1.98. The van der Waals surface area contributed by atoms with Gasteiger partial charge >= 0.3 is 0 Å². The number of nitrogens with two attached hydrogens (primary N) is 1. The predicted molar refractivity (Wildman–Crippen MR) is 53.6 cm³/mol. The number of benzene rings is 1. The molecule has 1 aromatic carbocycles. The standard InChI is InChI=1S/C9H10ClN3/c1-13-9-6(8(5-11)12-13)3-2-4-7(9)10/h2-4H,5,11H2,1H3. The van der Waals surface area contributed by atoms with Gasteiger partial charge in [-0.1, -0.05) is 23.7 Å². The summed E-state index contributed by atoms with van der Waals surface area (Å²) in [5.41, 5.74) is 7.40. The van der Waals surface area contributed by atoms with Crippen molar-refractivity contribution in [1.82, 2.24) is 9.78 Å². The molecule has 13 heavy (non-hydrogen) atoms. The number of fused-ring (bicyclic) bond motifs is 1. The Morgan fingerprint density at radius 1 is 1.54 bits per heavy atom. The summed E-state index contributed by atoms with van der Waals surface area (Å²) in [5.74, 6) is 0. The average molecular weight is 196 g/mol. The third-order valence-corrected chi connectivity index (χ3v) is 2.39. The van der Waals surface area contributed by atoms with Crippen LogP contribution in [0, 0.1) is 0 Å². The molecule has 0 radical (unpaired) electrons. The third kappa shape index (κ3) is 1.20.